The summed E-state index contributed by atoms with van der Waals surface area (Å²) in [6.07, 6.45) is -2.11. The van der Waals surface area contributed by atoms with Gasteiger partial charge in [-0.2, -0.15) is 9.98 Å². The number of aromatic amines is 1. The lowest BCUT2D eigenvalue weighted by Gasteiger charge is -2.28. The molecule has 2 aromatic heterocycles. The average Bonchev–Trinajstić information content (AvgIpc) is 3.05. The molecule has 144 valence electrons. The Balaban J connectivity index is 2.01. The third kappa shape index (κ3) is 2.45. The summed E-state index contributed by atoms with van der Waals surface area (Å²) in [4.78, 5) is 34.1. The predicted octanol–water partition coefficient (Wildman–Crippen LogP) is -1.85. The first-order valence-corrected chi connectivity index (χ1v) is 8.03. The number of nitrogens with one attached hydrogen (secondary N) is 2. The van der Waals surface area contributed by atoms with Crippen LogP contribution in [0.5, 0.6) is 0 Å². The molecule has 0 spiro atoms. The van der Waals surface area contributed by atoms with Crippen molar-refractivity contribution in [3.63, 3.8) is 0 Å². The lowest BCUT2D eigenvalue weighted by Crippen LogP contribution is -2.44. The van der Waals surface area contributed by atoms with Crippen LogP contribution in [0.25, 0.3) is 10.9 Å². The van der Waals surface area contributed by atoms with Gasteiger partial charge in [0.1, 0.15) is 17.8 Å². The van der Waals surface area contributed by atoms with Crippen LogP contribution in [0, 0.1) is 0 Å². The van der Waals surface area contributed by atoms with E-state index >= 15 is 0 Å². The van der Waals surface area contributed by atoms with Gasteiger partial charge in [-0.1, -0.05) is 0 Å². The van der Waals surface area contributed by atoms with E-state index in [-0.39, 0.29) is 23.2 Å². The fraction of sp³-hybridized carbons (Fsp3) is 0.467. The van der Waals surface area contributed by atoms with Gasteiger partial charge < -0.3 is 34.3 Å². The van der Waals surface area contributed by atoms with E-state index in [1.807, 2.05) is 0 Å². The summed E-state index contributed by atoms with van der Waals surface area (Å²) in [6, 6.07) is 0.00574. The Hall–Kier alpha value is -2.80. The van der Waals surface area contributed by atoms with E-state index in [4.69, 9.17) is 9.47 Å². The standard InChI is InChI=1S/C15H17N5O7/c1-15(25)8(22)6(4-21)27-13(15)20-3-5-7-9(17-12(24)11(23)16-5)18-14(26-2)19-10(7)20/h3,6,8,13,21-22,25H,4H2,1-2H3,(H,16,23)(H,17,18,19,24)/t6-,8-,13?,15+/m1/s1. The van der Waals surface area contributed by atoms with Crippen LogP contribution in [0.15, 0.2) is 20.8 Å². The molecule has 4 heterocycles. The number of aliphatic imine (C=N–C) groups is 1. The van der Waals surface area contributed by atoms with Crippen LogP contribution in [-0.2, 0) is 9.47 Å². The predicted molar refractivity (Wildman–Crippen MR) is 92.0 cm³/mol. The third-order valence-electron chi connectivity index (χ3n) is 4.71. The van der Waals surface area contributed by atoms with Gasteiger partial charge in [0.05, 0.1) is 24.6 Å². The van der Waals surface area contributed by atoms with Gasteiger partial charge in [0.25, 0.3) is 6.02 Å². The maximum atomic E-state index is 11.9. The van der Waals surface area contributed by atoms with Gasteiger partial charge in [-0.05, 0) is 6.92 Å². The fourth-order valence-corrected chi connectivity index (χ4v) is 3.32. The van der Waals surface area contributed by atoms with Crippen molar-refractivity contribution in [3.05, 3.63) is 26.9 Å². The Morgan fingerprint density at radius 3 is 2.81 bits per heavy atom. The van der Waals surface area contributed by atoms with Crippen molar-refractivity contribution >= 4 is 28.6 Å². The quantitative estimate of drug-likeness (QED) is 0.375. The molecule has 1 fully saturated rings. The summed E-state index contributed by atoms with van der Waals surface area (Å²) in [7, 11) is 1.35. The van der Waals surface area contributed by atoms with Crippen LogP contribution in [0.4, 0.5) is 11.6 Å². The molecule has 2 aliphatic heterocycles. The zero-order valence-corrected chi connectivity index (χ0v) is 14.3. The first kappa shape index (κ1) is 17.6. The number of ether oxygens (including phenoxy) is 2. The molecule has 12 heteroatoms. The molecule has 0 aromatic carbocycles. The fourth-order valence-electron chi connectivity index (χ4n) is 3.32. The molecule has 5 N–H and O–H groups in total. The lowest BCUT2D eigenvalue weighted by atomic mass is 9.96. The molecule has 12 nitrogen and oxygen atoms in total. The molecular weight excluding hydrogens is 362 g/mol. The van der Waals surface area contributed by atoms with Crippen molar-refractivity contribution in [1.82, 2.24) is 14.5 Å². The number of amidine groups is 1. The van der Waals surface area contributed by atoms with E-state index in [0.717, 1.165) is 0 Å². The van der Waals surface area contributed by atoms with Crippen molar-refractivity contribution in [3.8, 4) is 0 Å². The summed E-state index contributed by atoms with van der Waals surface area (Å²) in [5, 5.41) is 33.4. The van der Waals surface area contributed by atoms with Gasteiger partial charge in [-0.25, -0.2) is 0 Å². The molecular formula is C15H17N5O7. The molecule has 2 aromatic rings. The monoisotopic (exact) mass is 379 g/mol. The first-order valence-electron chi connectivity index (χ1n) is 8.03. The van der Waals surface area contributed by atoms with Crippen molar-refractivity contribution in [2.75, 3.05) is 19.0 Å². The van der Waals surface area contributed by atoms with Crippen LogP contribution in [-0.4, -0.2) is 67.4 Å². The minimum atomic E-state index is -1.77. The number of hydrogen-bond acceptors (Lipinski definition) is 10. The molecule has 1 unspecified atom stereocenters. The maximum absolute atomic E-state index is 11.9. The molecule has 2 aliphatic rings. The number of hydrogen-bond donors (Lipinski definition) is 5. The van der Waals surface area contributed by atoms with Crippen molar-refractivity contribution in [2.45, 2.75) is 31.0 Å². The largest absolute Gasteiger partial charge is 0.468 e. The zero-order valence-electron chi connectivity index (χ0n) is 14.3. The Morgan fingerprint density at radius 1 is 1.44 bits per heavy atom. The number of aromatic nitrogens is 3. The van der Waals surface area contributed by atoms with Gasteiger partial charge in [-0.3, -0.25) is 14.9 Å². The highest BCUT2D eigenvalue weighted by Crippen LogP contribution is 2.44. The van der Waals surface area contributed by atoms with Crippen LogP contribution >= 0.6 is 0 Å². The zero-order chi connectivity index (χ0) is 19.5. The van der Waals surface area contributed by atoms with E-state index in [1.54, 1.807) is 0 Å². The summed E-state index contributed by atoms with van der Waals surface area (Å²) in [6.45, 7) is 0.852. The Morgan fingerprint density at radius 2 is 2.19 bits per heavy atom. The molecule has 0 bridgehead atoms. The minimum absolute atomic E-state index is 0.00574. The second-order valence-electron chi connectivity index (χ2n) is 6.49. The molecule has 0 saturated carbocycles. The van der Waals surface area contributed by atoms with Crippen LogP contribution in [0.2, 0.25) is 0 Å². The van der Waals surface area contributed by atoms with Gasteiger partial charge in [-0.15, -0.1) is 0 Å². The van der Waals surface area contributed by atoms with E-state index in [0.29, 0.717) is 5.39 Å². The molecule has 0 radical (unpaired) electrons. The molecule has 4 atom stereocenters. The van der Waals surface area contributed by atoms with E-state index in [2.05, 4.69) is 20.3 Å². The molecule has 0 aliphatic carbocycles. The third-order valence-corrected chi connectivity index (χ3v) is 4.71. The Bertz CT molecular complexity index is 1070. The number of methoxy groups -OCH3 is 1. The summed E-state index contributed by atoms with van der Waals surface area (Å²) in [5.74, 6) is 0.233. The number of rotatable bonds is 2. The molecule has 4 rings (SSSR count). The number of aliphatic hydroxyl groups is 3. The smallest absolute Gasteiger partial charge is 0.337 e. The van der Waals surface area contributed by atoms with Gasteiger partial charge in [0.15, 0.2) is 17.9 Å². The number of nitrogens with zero attached hydrogens (tertiary/aromatic N) is 3. The maximum Gasteiger partial charge on any atom is 0.337 e. The lowest BCUT2D eigenvalue weighted by molar-refractivity contribution is -0.0955. The highest BCUT2D eigenvalue weighted by atomic mass is 16.6. The molecule has 27 heavy (non-hydrogen) atoms. The minimum Gasteiger partial charge on any atom is -0.468 e. The van der Waals surface area contributed by atoms with Crippen molar-refractivity contribution < 1.29 is 24.8 Å². The van der Waals surface area contributed by atoms with Gasteiger partial charge >= 0.3 is 11.1 Å². The first-order chi connectivity index (χ1) is 12.8. The number of anilines is 1. The highest BCUT2D eigenvalue weighted by molar-refractivity contribution is 6.08. The topological polar surface area (TPSA) is 171 Å². The van der Waals surface area contributed by atoms with E-state index in [1.165, 1.54) is 24.8 Å². The van der Waals surface area contributed by atoms with Gasteiger partial charge in [0, 0.05) is 6.20 Å². The van der Waals surface area contributed by atoms with E-state index < -0.39 is 41.8 Å². The second kappa shape index (κ2) is 5.85. The van der Waals surface area contributed by atoms with Crippen LogP contribution < -0.4 is 16.4 Å². The Kier molecular flexibility index (Phi) is 3.82. The Labute approximate surface area is 150 Å². The van der Waals surface area contributed by atoms with Crippen LogP contribution in [0.3, 0.4) is 0 Å². The van der Waals surface area contributed by atoms with Crippen molar-refractivity contribution in [2.24, 2.45) is 4.99 Å². The summed E-state index contributed by atoms with van der Waals surface area (Å²) < 4.78 is 12.1. The SMILES string of the molecule is COC1=Nc2c3c(nc(=O)c(=O)[nH]c3cn2C2O[C@H](CO)[C@@H](O)[C@]2(C)O)N1. The summed E-state index contributed by atoms with van der Waals surface area (Å²) >= 11 is 0. The average molecular weight is 379 g/mol. The second-order valence-corrected chi connectivity index (χ2v) is 6.49. The van der Waals surface area contributed by atoms with Gasteiger partial charge in [0.2, 0.25) is 0 Å². The van der Waals surface area contributed by atoms with Crippen LogP contribution in [0.1, 0.15) is 13.2 Å². The number of aliphatic hydroxyl groups excluding tert-OH is 2. The van der Waals surface area contributed by atoms with E-state index in [9.17, 15) is 24.9 Å². The number of H-pyrrole nitrogens is 1. The molecule has 1 saturated heterocycles. The normalized spacial score (nSPS) is 29.5. The molecule has 0 amide bonds. The highest BCUT2D eigenvalue weighted by Gasteiger charge is 2.53. The summed E-state index contributed by atoms with van der Waals surface area (Å²) in [5.41, 5.74) is -3.49. The van der Waals surface area contributed by atoms with Crippen molar-refractivity contribution in [1.29, 1.82) is 0 Å².